The maximum absolute atomic E-state index is 4.07. The van der Waals surface area contributed by atoms with E-state index in [1.807, 2.05) is 7.05 Å². The van der Waals surface area contributed by atoms with Gasteiger partial charge in [-0.25, -0.2) is 0 Å². The molecule has 0 heterocycles. The second kappa shape index (κ2) is 8.82. The number of unbranched alkanes of at least 4 members (excludes halogenated alkanes) is 2. The Morgan fingerprint density at radius 1 is 1.19 bits per heavy atom. The zero-order valence-electron chi connectivity index (χ0n) is 18.1. The predicted octanol–water partition coefficient (Wildman–Crippen LogP) is 5.94. The van der Waals surface area contributed by atoms with Crippen molar-refractivity contribution in [3.63, 3.8) is 0 Å². The van der Waals surface area contributed by atoms with Crippen LogP contribution in [0.3, 0.4) is 0 Å². The van der Waals surface area contributed by atoms with Crippen LogP contribution in [0.2, 0.25) is 0 Å². The Balaban J connectivity index is 1.63. The first-order valence-electron chi connectivity index (χ1n) is 11.1. The summed E-state index contributed by atoms with van der Waals surface area (Å²) in [5, 5.41) is 3.14. The van der Waals surface area contributed by atoms with Gasteiger partial charge < -0.3 is 5.32 Å². The van der Waals surface area contributed by atoms with E-state index in [4.69, 9.17) is 0 Å². The van der Waals surface area contributed by atoms with Gasteiger partial charge in [0.1, 0.15) is 0 Å². The van der Waals surface area contributed by atoms with Crippen LogP contribution in [0, 0.1) is 23.2 Å². The van der Waals surface area contributed by atoms with Crippen LogP contribution < -0.4 is 5.32 Å². The van der Waals surface area contributed by atoms with E-state index in [-0.39, 0.29) is 0 Å². The zero-order valence-corrected chi connectivity index (χ0v) is 18.1. The Bertz CT molecular complexity index is 614. The first kappa shape index (κ1) is 20.5. The average molecular weight is 369 g/mol. The SMILES string of the molecule is C=C(NC)c1ccc(CN(CCCCC)CC2CCC3CC2C3(C)C)cc1. The molecule has 3 unspecified atom stereocenters. The normalized spacial score (nSPS) is 25.9. The summed E-state index contributed by atoms with van der Waals surface area (Å²) in [4.78, 5) is 2.75. The predicted molar refractivity (Wildman–Crippen MR) is 117 cm³/mol. The molecule has 4 rings (SSSR count). The standard InChI is InChI=1S/C25H40N2/c1-6-7-8-15-27(17-20-9-11-21(12-10-20)19(2)26-5)18-22-13-14-23-16-24(22)25(23,3)4/h9-12,22-24,26H,2,6-8,13-18H2,1,3-5H3. The maximum Gasteiger partial charge on any atom is 0.0338 e. The Hall–Kier alpha value is -1.28. The van der Waals surface area contributed by atoms with Gasteiger partial charge in [0.05, 0.1) is 0 Å². The fourth-order valence-corrected chi connectivity index (χ4v) is 5.55. The molecule has 1 aromatic carbocycles. The highest BCUT2D eigenvalue weighted by atomic mass is 15.1. The summed E-state index contributed by atoms with van der Waals surface area (Å²) in [6, 6.07) is 8.99. The largest absolute Gasteiger partial charge is 0.388 e. The first-order valence-corrected chi connectivity index (χ1v) is 11.1. The first-order chi connectivity index (χ1) is 13.0. The fourth-order valence-electron chi connectivity index (χ4n) is 5.55. The van der Waals surface area contributed by atoms with Gasteiger partial charge in [0.2, 0.25) is 0 Å². The fraction of sp³-hybridized carbons (Fsp3) is 0.680. The van der Waals surface area contributed by atoms with Crippen LogP contribution in [0.5, 0.6) is 0 Å². The molecule has 3 atom stereocenters. The minimum Gasteiger partial charge on any atom is -0.388 e. The summed E-state index contributed by atoms with van der Waals surface area (Å²) < 4.78 is 0. The molecule has 1 N–H and O–H groups in total. The topological polar surface area (TPSA) is 15.3 Å². The second-order valence-electron chi connectivity index (χ2n) is 9.57. The van der Waals surface area contributed by atoms with Crippen LogP contribution in [0.1, 0.15) is 70.4 Å². The molecule has 150 valence electrons. The third-order valence-electron chi connectivity index (χ3n) is 7.58. The Kier molecular flexibility index (Phi) is 6.68. The summed E-state index contributed by atoms with van der Waals surface area (Å²) in [5.74, 6) is 2.85. The zero-order chi connectivity index (χ0) is 19.4. The number of fused-ring (bicyclic) bond motifs is 2. The van der Waals surface area contributed by atoms with E-state index >= 15 is 0 Å². The van der Waals surface area contributed by atoms with Gasteiger partial charge in [0.15, 0.2) is 0 Å². The van der Waals surface area contributed by atoms with Crippen LogP contribution in [0.4, 0.5) is 0 Å². The van der Waals surface area contributed by atoms with Crippen LogP contribution in [0.15, 0.2) is 30.8 Å². The van der Waals surface area contributed by atoms with E-state index in [1.165, 1.54) is 62.7 Å². The number of benzene rings is 1. The third kappa shape index (κ3) is 4.59. The molecule has 0 aliphatic heterocycles. The monoisotopic (exact) mass is 368 g/mol. The van der Waals surface area contributed by atoms with Gasteiger partial charge in [-0.2, -0.15) is 0 Å². The molecule has 2 heteroatoms. The third-order valence-corrected chi connectivity index (χ3v) is 7.58. The van der Waals surface area contributed by atoms with E-state index in [0.717, 1.165) is 30.0 Å². The van der Waals surface area contributed by atoms with Gasteiger partial charge in [0.25, 0.3) is 0 Å². The van der Waals surface area contributed by atoms with Gasteiger partial charge in [-0.1, -0.05) is 64.5 Å². The molecule has 0 amide bonds. The lowest BCUT2D eigenvalue weighted by atomic mass is 9.45. The quantitative estimate of drug-likeness (QED) is 0.514. The van der Waals surface area contributed by atoms with Crippen molar-refractivity contribution in [2.45, 2.75) is 65.8 Å². The summed E-state index contributed by atoms with van der Waals surface area (Å²) in [7, 11) is 1.93. The van der Waals surface area contributed by atoms with Crippen LogP contribution in [-0.2, 0) is 6.54 Å². The van der Waals surface area contributed by atoms with Crippen molar-refractivity contribution in [2.75, 3.05) is 20.1 Å². The van der Waals surface area contributed by atoms with E-state index in [2.05, 4.69) is 61.8 Å². The summed E-state index contributed by atoms with van der Waals surface area (Å²) in [5.41, 5.74) is 4.20. The van der Waals surface area contributed by atoms with Crippen molar-refractivity contribution in [3.8, 4) is 0 Å². The van der Waals surface area contributed by atoms with E-state index in [9.17, 15) is 0 Å². The van der Waals surface area contributed by atoms with Crippen molar-refractivity contribution < 1.29 is 0 Å². The minimum atomic E-state index is 0.590. The molecule has 27 heavy (non-hydrogen) atoms. The van der Waals surface area contributed by atoms with E-state index < -0.39 is 0 Å². The van der Waals surface area contributed by atoms with Gasteiger partial charge in [-0.3, -0.25) is 4.90 Å². The smallest absolute Gasteiger partial charge is 0.0338 e. The number of nitrogens with one attached hydrogen (secondary N) is 1. The number of hydrogen-bond acceptors (Lipinski definition) is 2. The lowest BCUT2D eigenvalue weighted by molar-refractivity contribution is -0.112. The molecule has 0 saturated heterocycles. The summed E-state index contributed by atoms with van der Waals surface area (Å²) in [6.45, 7) is 15.0. The lowest BCUT2D eigenvalue weighted by Crippen LogP contribution is -2.54. The molecular weight excluding hydrogens is 328 g/mol. The molecule has 2 nitrogen and oxygen atoms in total. The molecule has 0 radical (unpaired) electrons. The van der Waals surface area contributed by atoms with Gasteiger partial charge in [-0.15, -0.1) is 0 Å². The highest BCUT2D eigenvalue weighted by Gasteiger charge is 2.54. The molecule has 1 aromatic rings. The van der Waals surface area contributed by atoms with E-state index in [0.29, 0.717) is 5.41 Å². The van der Waals surface area contributed by atoms with Crippen molar-refractivity contribution in [1.29, 1.82) is 0 Å². The molecule has 0 aromatic heterocycles. The number of nitrogens with zero attached hydrogens (tertiary/aromatic N) is 1. The number of rotatable bonds is 10. The van der Waals surface area contributed by atoms with Crippen molar-refractivity contribution in [1.82, 2.24) is 10.2 Å². The molecule has 3 saturated carbocycles. The molecular formula is C25H40N2. The van der Waals surface area contributed by atoms with Crippen molar-refractivity contribution >= 4 is 5.70 Å². The maximum atomic E-state index is 4.07. The highest BCUT2D eigenvalue weighted by molar-refractivity contribution is 5.61. The van der Waals surface area contributed by atoms with Gasteiger partial charge >= 0.3 is 0 Å². The van der Waals surface area contributed by atoms with Crippen molar-refractivity contribution in [3.05, 3.63) is 42.0 Å². The minimum absolute atomic E-state index is 0.590. The van der Waals surface area contributed by atoms with Crippen LogP contribution in [0.25, 0.3) is 5.70 Å². The molecule has 0 spiro atoms. The Labute approximate surface area is 167 Å². The Morgan fingerprint density at radius 3 is 2.52 bits per heavy atom. The molecule has 3 aliphatic rings. The average Bonchev–Trinajstić information content (AvgIpc) is 2.68. The lowest BCUT2D eigenvalue weighted by Gasteiger charge is -2.60. The van der Waals surface area contributed by atoms with Gasteiger partial charge in [0, 0.05) is 25.8 Å². The highest BCUT2D eigenvalue weighted by Crippen LogP contribution is 2.61. The van der Waals surface area contributed by atoms with E-state index in [1.54, 1.807) is 0 Å². The molecule has 3 fully saturated rings. The summed E-state index contributed by atoms with van der Waals surface area (Å²) in [6.07, 6.45) is 8.37. The van der Waals surface area contributed by atoms with Gasteiger partial charge in [-0.05, 0) is 66.5 Å². The number of hydrogen-bond donors (Lipinski definition) is 1. The Morgan fingerprint density at radius 2 is 1.93 bits per heavy atom. The molecule has 3 aliphatic carbocycles. The second-order valence-corrected chi connectivity index (χ2v) is 9.57. The van der Waals surface area contributed by atoms with Crippen LogP contribution >= 0.6 is 0 Å². The summed E-state index contributed by atoms with van der Waals surface area (Å²) >= 11 is 0. The van der Waals surface area contributed by atoms with Crippen molar-refractivity contribution in [2.24, 2.45) is 23.2 Å². The molecule has 2 bridgehead atoms. The van der Waals surface area contributed by atoms with Crippen LogP contribution in [-0.4, -0.2) is 25.0 Å².